The molecule has 1 heterocycles. The van der Waals surface area contributed by atoms with Crippen molar-refractivity contribution < 1.29 is 0 Å². The second kappa shape index (κ2) is 14.6. The lowest BCUT2D eigenvalue weighted by Crippen LogP contribution is -2.15. The zero-order valence-electron chi connectivity index (χ0n) is 35.2. The molecule has 12 rings (SSSR count). The predicted molar refractivity (Wildman–Crippen MR) is 265 cm³/mol. The third-order valence-electron chi connectivity index (χ3n) is 13.3. The molecule has 1 aliphatic rings. The lowest BCUT2D eigenvalue weighted by Gasteiger charge is -2.22. The van der Waals surface area contributed by atoms with Gasteiger partial charge in [0, 0.05) is 22.1 Å². The topological polar surface area (TPSA) is 25.8 Å². The first-order chi connectivity index (χ1) is 31.0. The van der Waals surface area contributed by atoms with Gasteiger partial charge < -0.3 is 0 Å². The zero-order valence-corrected chi connectivity index (χ0v) is 35.2. The summed E-state index contributed by atoms with van der Waals surface area (Å²) >= 11 is 0. The Morgan fingerprint density at radius 3 is 1.44 bits per heavy atom. The molecule has 63 heavy (non-hydrogen) atoms. The van der Waals surface area contributed by atoms with Gasteiger partial charge in [0.2, 0.25) is 0 Å². The highest BCUT2D eigenvalue weighted by Gasteiger charge is 2.36. The van der Waals surface area contributed by atoms with Gasteiger partial charge in [0.05, 0.1) is 11.4 Å². The second-order valence-corrected chi connectivity index (χ2v) is 17.3. The predicted octanol–water partition coefficient (Wildman–Crippen LogP) is 16.2. The average molecular weight is 803 g/mol. The van der Waals surface area contributed by atoms with Crippen molar-refractivity contribution in [2.75, 3.05) is 0 Å². The van der Waals surface area contributed by atoms with Crippen molar-refractivity contribution in [3.8, 4) is 78.4 Å². The molecular weight excluding hydrogens is 761 g/mol. The fourth-order valence-electron chi connectivity index (χ4n) is 10.1. The van der Waals surface area contributed by atoms with Gasteiger partial charge in [-0.3, -0.25) is 0 Å². The van der Waals surface area contributed by atoms with Crippen LogP contribution in [0.1, 0.15) is 25.0 Å². The van der Waals surface area contributed by atoms with Crippen LogP contribution < -0.4 is 0 Å². The average Bonchev–Trinajstić information content (AvgIpc) is 3.57. The van der Waals surface area contributed by atoms with Gasteiger partial charge in [0.15, 0.2) is 5.82 Å². The van der Waals surface area contributed by atoms with Gasteiger partial charge in [-0.1, -0.05) is 202 Å². The molecule has 0 amide bonds. The Bertz CT molecular complexity index is 3580. The van der Waals surface area contributed by atoms with Crippen LogP contribution in [-0.4, -0.2) is 9.97 Å². The first kappa shape index (κ1) is 36.9. The molecule has 10 aromatic carbocycles. The minimum atomic E-state index is -0.114. The van der Waals surface area contributed by atoms with Crippen LogP contribution in [0, 0.1) is 0 Å². The van der Waals surface area contributed by atoms with Crippen LogP contribution >= 0.6 is 0 Å². The Morgan fingerprint density at radius 2 is 0.762 bits per heavy atom. The Hall–Kier alpha value is -7.94. The van der Waals surface area contributed by atoms with Gasteiger partial charge in [-0.05, 0) is 118 Å². The molecule has 0 aliphatic heterocycles. The van der Waals surface area contributed by atoms with E-state index in [2.05, 4.69) is 226 Å². The second-order valence-electron chi connectivity index (χ2n) is 17.3. The van der Waals surface area contributed by atoms with Crippen molar-refractivity contribution in [1.29, 1.82) is 0 Å². The molecule has 0 radical (unpaired) electrons. The van der Waals surface area contributed by atoms with Gasteiger partial charge in [-0.15, -0.1) is 0 Å². The Balaban J connectivity index is 0.991. The first-order valence-electron chi connectivity index (χ1n) is 21.8. The molecule has 0 bridgehead atoms. The summed E-state index contributed by atoms with van der Waals surface area (Å²) in [5.74, 6) is 0.701. The van der Waals surface area contributed by atoms with E-state index in [-0.39, 0.29) is 5.41 Å². The van der Waals surface area contributed by atoms with E-state index < -0.39 is 0 Å². The van der Waals surface area contributed by atoms with Crippen molar-refractivity contribution >= 4 is 32.3 Å². The van der Waals surface area contributed by atoms with Crippen LogP contribution in [0.4, 0.5) is 0 Å². The summed E-state index contributed by atoms with van der Waals surface area (Å²) in [4.78, 5) is 10.7. The first-order valence-corrected chi connectivity index (χ1v) is 21.8. The largest absolute Gasteiger partial charge is 0.228 e. The zero-order chi connectivity index (χ0) is 42.1. The van der Waals surface area contributed by atoms with E-state index in [0.717, 1.165) is 50.0 Å². The fourth-order valence-corrected chi connectivity index (χ4v) is 10.1. The lowest BCUT2D eigenvalue weighted by molar-refractivity contribution is 0.661. The highest BCUT2D eigenvalue weighted by atomic mass is 14.9. The van der Waals surface area contributed by atoms with Gasteiger partial charge in [-0.2, -0.15) is 0 Å². The van der Waals surface area contributed by atoms with Gasteiger partial charge in [-0.25, -0.2) is 9.97 Å². The minimum Gasteiger partial charge on any atom is -0.228 e. The quantitative estimate of drug-likeness (QED) is 0.167. The maximum absolute atomic E-state index is 5.38. The molecule has 2 heteroatoms. The molecule has 11 aromatic rings. The summed E-state index contributed by atoms with van der Waals surface area (Å²) in [6.07, 6.45) is 0. The smallest absolute Gasteiger partial charge is 0.161 e. The Kier molecular flexibility index (Phi) is 8.55. The molecule has 1 aliphatic carbocycles. The van der Waals surface area contributed by atoms with E-state index in [1.807, 2.05) is 6.07 Å². The highest BCUT2D eigenvalue weighted by Crippen LogP contribution is 2.51. The maximum atomic E-state index is 5.38. The summed E-state index contributed by atoms with van der Waals surface area (Å²) in [5, 5.41) is 7.32. The molecule has 0 saturated heterocycles. The minimum absolute atomic E-state index is 0.114. The maximum Gasteiger partial charge on any atom is 0.161 e. The van der Waals surface area contributed by atoms with Gasteiger partial charge in [0.1, 0.15) is 0 Å². The Labute approximate surface area is 367 Å². The molecule has 0 N–H and O–H groups in total. The molecule has 0 unspecified atom stereocenters. The third kappa shape index (κ3) is 6.09. The van der Waals surface area contributed by atoms with E-state index >= 15 is 0 Å². The Morgan fingerprint density at radius 1 is 0.286 bits per heavy atom. The molecule has 1 aromatic heterocycles. The van der Waals surface area contributed by atoms with E-state index in [9.17, 15) is 0 Å². The molecule has 0 fully saturated rings. The monoisotopic (exact) mass is 802 g/mol. The van der Waals surface area contributed by atoms with E-state index in [4.69, 9.17) is 9.97 Å². The van der Waals surface area contributed by atoms with Crippen LogP contribution in [-0.2, 0) is 5.41 Å². The third-order valence-corrected chi connectivity index (χ3v) is 13.3. The van der Waals surface area contributed by atoms with Gasteiger partial charge in [0.25, 0.3) is 0 Å². The molecule has 0 saturated carbocycles. The van der Waals surface area contributed by atoms with Crippen molar-refractivity contribution in [3.05, 3.63) is 230 Å². The van der Waals surface area contributed by atoms with Crippen molar-refractivity contribution in [2.24, 2.45) is 0 Å². The van der Waals surface area contributed by atoms with E-state index in [1.54, 1.807) is 0 Å². The fraction of sp³-hybridized carbons (Fsp3) is 0.0492. The van der Waals surface area contributed by atoms with Crippen LogP contribution in [0.2, 0.25) is 0 Å². The molecular formula is C61H42N2. The number of fused-ring (bicyclic) bond motifs is 6. The van der Waals surface area contributed by atoms with Crippen molar-refractivity contribution in [2.45, 2.75) is 19.3 Å². The number of hydrogen-bond donors (Lipinski definition) is 0. The molecule has 0 spiro atoms. The summed E-state index contributed by atoms with van der Waals surface area (Å²) in [6, 6.07) is 79.0. The number of rotatable bonds is 6. The summed E-state index contributed by atoms with van der Waals surface area (Å²) in [7, 11) is 0. The van der Waals surface area contributed by atoms with Crippen LogP contribution in [0.15, 0.2) is 218 Å². The van der Waals surface area contributed by atoms with Crippen LogP contribution in [0.3, 0.4) is 0 Å². The van der Waals surface area contributed by atoms with Gasteiger partial charge >= 0.3 is 0 Å². The normalized spacial score (nSPS) is 12.7. The number of hydrogen-bond acceptors (Lipinski definition) is 2. The number of benzene rings is 10. The summed E-state index contributed by atoms with van der Waals surface area (Å²) < 4.78 is 0. The SMILES string of the molecule is CC1(C)c2cc(-c3ccc(-c4ccc(-c5nc(-c6ccccc6)cc(-c6ccccc6-c6ccccc6)n5)c5ccccc45)c4ccccc34)ccc2-c2cc3ccccc3cc21. The summed E-state index contributed by atoms with van der Waals surface area (Å²) in [5.41, 5.74) is 17.4. The van der Waals surface area contributed by atoms with E-state index in [0.29, 0.717) is 5.82 Å². The van der Waals surface area contributed by atoms with Crippen molar-refractivity contribution in [1.82, 2.24) is 9.97 Å². The number of nitrogens with zero attached hydrogens (tertiary/aromatic N) is 2. The number of aromatic nitrogens is 2. The van der Waals surface area contributed by atoms with Crippen LogP contribution in [0.25, 0.3) is 111 Å². The lowest BCUT2D eigenvalue weighted by atomic mass is 9.80. The standard InChI is InChI=1S/C61H42N2/c1-61(2)56-37-43(29-30-52(56)55-35-41-21-9-10-22-42(41)36-57(55)61)45-31-32-50(47-25-13-12-24-46(45)47)51-33-34-54(49-27-15-14-26-48(49)51)60-62-58(40-19-7-4-8-20-40)38-59(63-60)53-28-16-11-23-44(53)39-17-5-3-6-18-39/h3-38H,1-2H3. The summed E-state index contributed by atoms with van der Waals surface area (Å²) in [6.45, 7) is 4.75. The van der Waals surface area contributed by atoms with Crippen LogP contribution in [0.5, 0.6) is 0 Å². The van der Waals surface area contributed by atoms with Crippen molar-refractivity contribution in [3.63, 3.8) is 0 Å². The van der Waals surface area contributed by atoms with E-state index in [1.165, 1.54) is 66.1 Å². The molecule has 296 valence electrons. The molecule has 0 atom stereocenters. The highest BCUT2D eigenvalue weighted by molar-refractivity contribution is 6.12. The molecule has 2 nitrogen and oxygen atoms in total.